The van der Waals surface area contributed by atoms with Gasteiger partial charge in [-0.25, -0.2) is 4.98 Å². The first-order valence-electron chi connectivity index (χ1n) is 6.64. The number of nitrogens with two attached hydrogens (primary N) is 1. The molecule has 0 aliphatic rings. The van der Waals surface area contributed by atoms with Gasteiger partial charge < -0.3 is 10.5 Å². The molecule has 1 heterocycles. The van der Waals surface area contributed by atoms with E-state index in [1.165, 1.54) is 5.56 Å². The molecule has 2 N–H and O–H groups in total. The molecular formula is C16H18N2OS. The highest BCUT2D eigenvalue weighted by atomic mass is 32.1. The normalized spacial score (nSPS) is 11.9. The van der Waals surface area contributed by atoms with E-state index in [1.807, 2.05) is 24.3 Å². The predicted octanol–water partition coefficient (Wildman–Crippen LogP) is 4.02. The van der Waals surface area contributed by atoms with Crippen LogP contribution in [-0.2, 0) is 0 Å². The van der Waals surface area contributed by atoms with E-state index in [9.17, 15) is 0 Å². The number of rotatable bonds is 5. The lowest BCUT2D eigenvalue weighted by Gasteiger charge is -2.15. The molecular weight excluding hydrogens is 268 g/mol. The van der Waals surface area contributed by atoms with E-state index in [0.717, 1.165) is 12.2 Å². The summed E-state index contributed by atoms with van der Waals surface area (Å²) in [7, 11) is 0. The fourth-order valence-corrected chi connectivity index (χ4v) is 2.03. The van der Waals surface area contributed by atoms with Gasteiger partial charge in [0.2, 0.25) is 0 Å². The summed E-state index contributed by atoms with van der Waals surface area (Å²) >= 11 is 4.88. The van der Waals surface area contributed by atoms with Crippen LogP contribution in [0.4, 0.5) is 0 Å². The summed E-state index contributed by atoms with van der Waals surface area (Å²) in [5.74, 6) is 2.00. The zero-order valence-electron chi connectivity index (χ0n) is 11.7. The third kappa shape index (κ3) is 3.33. The zero-order valence-corrected chi connectivity index (χ0v) is 12.5. The van der Waals surface area contributed by atoms with Crippen LogP contribution in [0.1, 0.15) is 37.4 Å². The number of hydrogen-bond acceptors (Lipinski definition) is 3. The lowest BCUT2D eigenvalue weighted by Crippen LogP contribution is -2.10. The standard InChI is InChI=1S/C16H18N2OS/c1-3-11(2)13-6-4-5-7-15(13)19-12-8-9-14(16(17)20)18-10-12/h4-11H,3H2,1-2H3,(H2,17,20). The van der Waals surface area contributed by atoms with Crippen LogP contribution in [0, 0.1) is 0 Å². The lowest BCUT2D eigenvalue weighted by atomic mass is 9.98. The Morgan fingerprint density at radius 2 is 2.05 bits per heavy atom. The highest BCUT2D eigenvalue weighted by Gasteiger charge is 2.10. The SMILES string of the molecule is CCC(C)c1ccccc1Oc1ccc(C(N)=S)nc1. The highest BCUT2D eigenvalue weighted by Crippen LogP contribution is 2.31. The summed E-state index contributed by atoms with van der Waals surface area (Å²) in [4.78, 5) is 4.47. The largest absolute Gasteiger partial charge is 0.455 e. The van der Waals surface area contributed by atoms with Gasteiger partial charge in [0.05, 0.1) is 11.9 Å². The van der Waals surface area contributed by atoms with Crippen molar-refractivity contribution in [2.24, 2.45) is 5.73 Å². The second-order valence-electron chi connectivity index (χ2n) is 4.69. The average molecular weight is 286 g/mol. The van der Waals surface area contributed by atoms with Crippen LogP contribution in [0.3, 0.4) is 0 Å². The summed E-state index contributed by atoms with van der Waals surface area (Å²) in [5.41, 5.74) is 7.33. The first-order valence-corrected chi connectivity index (χ1v) is 7.05. The molecule has 0 aliphatic heterocycles. The van der Waals surface area contributed by atoms with E-state index >= 15 is 0 Å². The molecule has 0 saturated carbocycles. The fraction of sp³-hybridized carbons (Fsp3) is 0.250. The van der Waals surface area contributed by atoms with E-state index in [2.05, 4.69) is 24.9 Å². The van der Waals surface area contributed by atoms with E-state index in [4.69, 9.17) is 22.7 Å². The van der Waals surface area contributed by atoms with Gasteiger partial charge >= 0.3 is 0 Å². The molecule has 1 aromatic heterocycles. The van der Waals surface area contributed by atoms with Crippen LogP contribution in [-0.4, -0.2) is 9.97 Å². The Kier molecular flexibility index (Phi) is 4.69. The van der Waals surface area contributed by atoms with Gasteiger partial charge in [0.1, 0.15) is 16.5 Å². The van der Waals surface area contributed by atoms with E-state index in [-0.39, 0.29) is 4.99 Å². The highest BCUT2D eigenvalue weighted by molar-refractivity contribution is 7.80. The van der Waals surface area contributed by atoms with Crippen LogP contribution in [0.2, 0.25) is 0 Å². The van der Waals surface area contributed by atoms with Gasteiger partial charge in [-0.2, -0.15) is 0 Å². The minimum atomic E-state index is 0.288. The Morgan fingerprint density at radius 3 is 2.65 bits per heavy atom. The smallest absolute Gasteiger partial charge is 0.145 e. The molecule has 104 valence electrons. The van der Waals surface area contributed by atoms with E-state index in [0.29, 0.717) is 17.4 Å². The predicted molar refractivity (Wildman–Crippen MR) is 85.3 cm³/mol. The summed E-state index contributed by atoms with van der Waals surface area (Å²) in [6.45, 7) is 4.36. The van der Waals surface area contributed by atoms with Crippen molar-refractivity contribution >= 4 is 17.2 Å². The van der Waals surface area contributed by atoms with Crippen molar-refractivity contribution < 1.29 is 4.74 Å². The monoisotopic (exact) mass is 286 g/mol. The maximum atomic E-state index is 5.92. The summed E-state index contributed by atoms with van der Waals surface area (Å²) in [6.07, 6.45) is 2.71. The van der Waals surface area contributed by atoms with Crippen molar-refractivity contribution in [2.45, 2.75) is 26.2 Å². The quantitative estimate of drug-likeness (QED) is 0.843. The van der Waals surface area contributed by atoms with Crippen molar-refractivity contribution in [3.8, 4) is 11.5 Å². The molecule has 0 spiro atoms. The van der Waals surface area contributed by atoms with Gasteiger partial charge in [-0.15, -0.1) is 0 Å². The summed E-state index contributed by atoms with van der Waals surface area (Å²) < 4.78 is 5.92. The van der Waals surface area contributed by atoms with Gasteiger partial charge in [-0.3, -0.25) is 0 Å². The number of benzene rings is 1. The van der Waals surface area contributed by atoms with Gasteiger partial charge in [0, 0.05) is 0 Å². The minimum Gasteiger partial charge on any atom is -0.455 e. The molecule has 3 nitrogen and oxygen atoms in total. The molecule has 2 aromatic rings. The number of hydrogen-bond donors (Lipinski definition) is 1. The van der Waals surface area contributed by atoms with Gasteiger partial charge in [-0.05, 0) is 36.1 Å². The molecule has 1 unspecified atom stereocenters. The van der Waals surface area contributed by atoms with Crippen molar-refractivity contribution in [3.05, 3.63) is 53.9 Å². The number of para-hydroxylation sites is 1. The van der Waals surface area contributed by atoms with Crippen LogP contribution in [0.15, 0.2) is 42.6 Å². The molecule has 0 radical (unpaired) electrons. The Hall–Kier alpha value is -1.94. The summed E-state index contributed by atoms with van der Waals surface area (Å²) in [5, 5.41) is 0. The van der Waals surface area contributed by atoms with Crippen LogP contribution in [0.5, 0.6) is 11.5 Å². The van der Waals surface area contributed by atoms with Crippen molar-refractivity contribution in [3.63, 3.8) is 0 Å². The molecule has 20 heavy (non-hydrogen) atoms. The molecule has 2 rings (SSSR count). The molecule has 0 saturated heterocycles. The van der Waals surface area contributed by atoms with Crippen LogP contribution in [0.25, 0.3) is 0 Å². The topological polar surface area (TPSA) is 48.1 Å². The molecule has 1 atom stereocenters. The van der Waals surface area contributed by atoms with Crippen molar-refractivity contribution in [1.82, 2.24) is 4.98 Å². The van der Waals surface area contributed by atoms with Gasteiger partial charge in [-0.1, -0.05) is 44.3 Å². The second-order valence-corrected chi connectivity index (χ2v) is 5.13. The van der Waals surface area contributed by atoms with Crippen molar-refractivity contribution in [1.29, 1.82) is 0 Å². The van der Waals surface area contributed by atoms with E-state index < -0.39 is 0 Å². The van der Waals surface area contributed by atoms with Crippen LogP contribution < -0.4 is 10.5 Å². The summed E-state index contributed by atoms with van der Waals surface area (Å²) in [6, 6.07) is 11.7. The first-order chi connectivity index (χ1) is 9.61. The zero-order chi connectivity index (χ0) is 14.5. The fourth-order valence-electron chi connectivity index (χ4n) is 1.91. The first kappa shape index (κ1) is 14.5. The Balaban J connectivity index is 2.23. The third-order valence-corrected chi connectivity index (χ3v) is 3.49. The maximum Gasteiger partial charge on any atom is 0.145 e. The Labute approximate surface area is 124 Å². The Morgan fingerprint density at radius 1 is 1.30 bits per heavy atom. The van der Waals surface area contributed by atoms with Crippen LogP contribution >= 0.6 is 12.2 Å². The third-order valence-electron chi connectivity index (χ3n) is 3.28. The van der Waals surface area contributed by atoms with Gasteiger partial charge in [0.25, 0.3) is 0 Å². The van der Waals surface area contributed by atoms with Gasteiger partial charge in [0.15, 0.2) is 0 Å². The number of ether oxygens (including phenoxy) is 1. The maximum absolute atomic E-state index is 5.92. The molecule has 1 aromatic carbocycles. The second kappa shape index (κ2) is 6.48. The van der Waals surface area contributed by atoms with Crippen molar-refractivity contribution in [2.75, 3.05) is 0 Å². The minimum absolute atomic E-state index is 0.288. The molecule has 0 fully saturated rings. The number of thiocarbonyl (C=S) groups is 1. The van der Waals surface area contributed by atoms with E-state index in [1.54, 1.807) is 12.3 Å². The number of pyridine rings is 1. The lowest BCUT2D eigenvalue weighted by molar-refractivity contribution is 0.468. The number of aromatic nitrogens is 1. The molecule has 0 aliphatic carbocycles. The molecule has 0 bridgehead atoms. The number of nitrogens with zero attached hydrogens (tertiary/aromatic N) is 1. The average Bonchev–Trinajstić information content (AvgIpc) is 2.47. The molecule has 0 amide bonds. The molecule has 4 heteroatoms. The Bertz CT molecular complexity index is 596.